The molecule has 0 aliphatic rings. The molecule has 2 aromatic carbocycles. The average Bonchev–Trinajstić information content (AvgIpc) is 3.31. The number of anilines is 1. The fraction of sp³-hybridized carbons (Fsp3) is 0.571. The van der Waals surface area contributed by atoms with Crippen LogP contribution >= 0.6 is 0 Å². The van der Waals surface area contributed by atoms with Gasteiger partial charge >= 0.3 is 0 Å². The maximum Gasteiger partial charge on any atom is 0.229 e. The Balaban J connectivity index is 0.00000151. The molecule has 1 aromatic heterocycles. The number of rotatable bonds is 18. The molecule has 0 fully saturated rings. The number of sulfonamides is 1. The van der Waals surface area contributed by atoms with Crippen LogP contribution in [0.2, 0.25) is 0 Å². The summed E-state index contributed by atoms with van der Waals surface area (Å²) >= 11 is 0. The summed E-state index contributed by atoms with van der Waals surface area (Å²) in [4.78, 5) is 16.2. The first-order chi connectivity index (χ1) is 20.5. The van der Waals surface area contributed by atoms with Crippen LogP contribution in [0.15, 0.2) is 46.9 Å². The van der Waals surface area contributed by atoms with Gasteiger partial charge in [0, 0.05) is 29.6 Å². The van der Waals surface area contributed by atoms with Crippen LogP contribution in [-0.2, 0) is 16.4 Å². The van der Waals surface area contributed by atoms with Gasteiger partial charge in [0.15, 0.2) is 5.78 Å². The van der Waals surface area contributed by atoms with Gasteiger partial charge in [0.2, 0.25) is 10.0 Å². The Bertz CT molecular complexity index is 1340. The maximum absolute atomic E-state index is 13.7. The highest BCUT2D eigenvalue weighted by molar-refractivity contribution is 7.92. The molecule has 0 saturated heterocycles. The van der Waals surface area contributed by atoms with Crippen LogP contribution in [0.25, 0.3) is 11.0 Å². The first-order valence-electron chi connectivity index (χ1n) is 16.0. The number of nitrogens with zero attached hydrogens (tertiary/aromatic N) is 1. The van der Waals surface area contributed by atoms with Crippen LogP contribution in [-0.4, -0.2) is 51.6 Å². The van der Waals surface area contributed by atoms with Crippen molar-refractivity contribution in [3.05, 3.63) is 59.4 Å². The van der Waals surface area contributed by atoms with E-state index in [2.05, 4.69) is 51.2 Å². The number of furan rings is 1. The van der Waals surface area contributed by atoms with E-state index in [1.807, 2.05) is 12.1 Å². The number of hydrogen-bond donors (Lipinski definition) is 1. The minimum absolute atomic E-state index is 0.148. The molecule has 7 nitrogen and oxygen atoms in total. The van der Waals surface area contributed by atoms with Gasteiger partial charge in [0.05, 0.1) is 18.4 Å². The molecule has 0 bridgehead atoms. The van der Waals surface area contributed by atoms with Gasteiger partial charge in [-0.05, 0) is 87.2 Å². The highest BCUT2D eigenvalue weighted by Gasteiger charge is 2.22. The summed E-state index contributed by atoms with van der Waals surface area (Å²) in [6, 6.07) is 12.3. The topological polar surface area (TPSA) is 88.8 Å². The van der Waals surface area contributed by atoms with E-state index in [0.29, 0.717) is 46.6 Å². The first-order valence-corrected chi connectivity index (χ1v) is 17.9. The zero-order valence-corrected chi connectivity index (χ0v) is 28.3. The molecular weight excluding hydrogens is 560 g/mol. The number of nitrogens with one attached hydrogen (secondary N) is 1. The molecule has 3 rings (SSSR count). The van der Waals surface area contributed by atoms with Crippen molar-refractivity contribution in [2.45, 2.75) is 92.9 Å². The number of fused-ring (bicyclic) bond motifs is 1. The molecule has 0 aliphatic carbocycles. The molecular formula is C35H54N2O5S. The highest BCUT2D eigenvalue weighted by Crippen LogP contribution is 2.32. The van der Waals surface area contributed by atoms with Crippen molar-refractivity contribution in [2.24, 2.45) is 5.92 Å². The minimum atomic E-state index is -3.45. The molecule has 240 valence electrons. The Labute approximate surface area is 260 Å². The zero-order chi connectivity index (χ0) is 31.8. The monoisotopic (exact) mass is 614 g/mol. The third-order valence-electron chi connectivity index (χ3n) is 6.71. The Morgan fingerprint density at radius 1 is 0.884 bits per heavy atom. The predicted octanol–water partition coefficient (Wildman–Crippen LogP) is 8.71. The normalized spacial score (nSPS) is 11.6. The molecule has 1 heterocycles. The van der Waals surface area contributed by atoms with Crippen molar-refractivity contribution >= 4 is 32.5 Å². The Hall–Kier alpha value is -2.84. The molecule has 43 heavy (non-hydrogen) atoms. The molecule has 0 aliphatic heterocycles. The standard InChI is InChI=1S/C31H44N2O5S.C4H10/c1-5-8-12-29-30(27-23-25(32-39(4,35)36)15-18-28(27)38-29)31(34)24-13-16-26(17-14-24)37-22-11-21-33(19-9-6-2)20-10-7-3;1-4(2)3/h13-18,23,32H,5-12,19-22H2,1-4H3;4H,1-3H3. The Morgan fingerprint density at radius 3 is 2.02 bits per heavy atom. The van der Waals surface area contributed by atoms with Crippen molar-refractivity contribution in [2.75, 3.05) is 37.2 Å². The summed E-state index contributed by atoms with van der Waals surface area (Å²) in [5.74, 6) is 2.05. The van der Waals surface area contributed by atoms with Crippen LogP contribution in [0.4, 0.5) is 5.69 Å². The minimum Gasteiger partial charge on any atom is -0.494 e. The number of ether oxygens (including phenoxy) is 1. The van der Waals surface area contributed by atoms with E-state index in [1.165, 1.54) is 25.7 Å². The van der Waals surface area contributed by atoms with Crippen LogP contribution in [0.3, 0.4) is 0 Å². The number of unbranched alkanes of at least 4 members (excludes halogenated alkanes) is 3. The molecule has 8 heteroatoms. The van der Waals surface area contributed by atoms with Gasteiger partial charge in [-0.3, -0.25) is 9.52 Å². The first kappa shape index (κ1) is 36.4. The fourth-order valence-electron chi connectivity index (χ4n) is 4.61. The predicted molar refractivity (Wildman–Crippen MR) is 180 cm³/mol. The number of hydrogen-bond acceptors (Lipinski definition) is 6. The van der Waals surface area contributed by atoms with E-state index in [0.717, 1.165) is 56.8 Å². The van der Waals surface area contributed by atoms with Gasteiger partial charge < -0.3 is 14.1 Å². The van der Waals surface area contributed by atoms with Gasteiger partial charge in [0.1, 0.15) is 17.1 Å². The molecule has 0 amide bonds. The summed E-state index contributed by atoms with van der Waals surface area (Å²) in [6.07, 6.45) is 9.40. The van der Waals surface area contributed by atoms with Crippen molar-refractivity contribution in [1.82, 2.24) is 4.90 Å². The third kappa shape index (κ3) is 13.1. The largest absolute Gasteiger partial charge is 0.494 e. The number of aryl methyl sites for hydroxylation is 1. The smallest absolute Gasteiger partial charge is 0.229 e. The lowest BCUT2D eigenvalue weighted by Gasteiger charge is -2.21. The number of carbonyl (C=O) groups excluding carboxylic acids is 1. The van der Waals surface area contributed by atoms with E-state index < -0.39 is 10.0 Å². The second-order valence-electron chi connectivity index (χ2n) is 11.9. The van der Waals surface area contributed by atoms with Gasteiger partial charge in [-0.2, -0.15) is 0 Å². The number of benzene rings is 2. The van der Waals surface area contributed by atoms with E-state index in [-0.39, 0.29) is 5.78 Å². The van der Waals surface area contributed by atoms with Crippen molar-refractivity contribution in [1.29, 1.82) is 0 Å². The summed E-state index contributed by atoms with van der Waals surface area (Å²) in [5, 5.41) is 0.607. The van der Waals surface area contributed by atoms with Crippen LogP contribution in [0, 0.1) is 5.92 Å². The van der Waals surface area contributed by atoms with E-state index >= 15 is 0 Å². The number of ketones is 1. The Kier molecular flexibility index (Phi) is 15.8. The quantitative estimate of drug-likeness (QED) is 0.114. The van der Waals surface area contributed by atoms with E-state index in [4.69, 9.17) is 9.15 Å². The van der Waals surface area contributed by atoms with Crippen LogP contribution < -0.4 is 9.46 Å². The van der Waals surface area contributed by atoms with Crippen molar-refractivity contribution in [3.8, 4) is 5.75 Å². The molecule has 0 radical (unpaired) electrons. The number of carbonyl (C=O) groups is 1. The molecule has 0 spiro atoms. The van der Waals surface area contributed by atoms with Crippen molar-refractivity contribution < 1.29 is 22.4 Å². The lowest BCUT2D eigenvalue weighted by atomic mass is 9.98. The van der Waals surface area contributed by atoms with Crippen molar-refractivity contribution in [3.63, 3.8) is 0 Å². The van der Waals surface area contributed by atoms with Gasteiger partial charge in [-0.25, -0.2) is 8.42 Å². The molecule has 0 saturated carbocycles. The molecule has 3 aromatic rings. The summed E-state index contributed by atoms with van der Waals surface area (Å²) < 4.78 is 38.0. The van der Waals surface area contributed by atoms with Crippen LogP contribution in [0.1, 0.15) is 108 Å². The van der Waals surface area contributed by atoms with Crippen LogP contribution in [0.5, 0.6) is 5.75 Å². The summed E-state index contributed by atoms with van der Waals surface area (Å²) in [7, 11) is -3.45. The average molecular weight is 615 g/mol. The maximum atomic E-state index is 13.7. The molecule has 0 atom stereocenters. The summed E-state index contributed by atoms with van der Waals surface area (Å²) in [5.41, 5.74) is 1.99. The van der Waals surface area contributed by atoms with Gasteiger partial charge in [-0.15, -0.1) is 0 Å². The SMILES string of the molecule is CC(C)C.CCCCc1oc2ccc(NS(C)(=O)=O)cc2c1C(=O)c1ccc(OCCCN(CCCC)CCCC)cc1. The second-order valence-corrected chi connectivity index (χ2v) is 13.7. The molecule has 1 N–H and O–H groups in total. The molecule has 0 unspecified atom stereocenters. The highest BCUT2D eigenvalue weighted by atomic mass is 32.2. The van der Waals surface area contributed by atoms with Gasteiger partial charge in [0.25, 0.3) is 0 Å². The second kappa shape index (κ2) is 18.7. The van der Waals surface area contributed by atoms with Gasteiger partial charge in [-0.1, -0.05) is 60.8 Å². The fourth-order valence-corrected chi connectivity index (χ4v) is 5.17. The summed E-state index contributed by atoms with van der Waals surface area (Å²) in [6.45, 7) is 17.0. The zero-order valence-electron chi connectivity index (χ0n) is 27.5. The third-order valence-corrected chi connectivity index (χ3v) is 7.31. The lowest BCUT2D eigenvalue weighted by Crippen LogP contribution is -2.28. The van der Waals surface area contributed by atoms with E-state index in [9.17, 15) is 13.2 Å². The Morgan fingerprint density at radius 2 is 1.47 bits per heavy atom. The van der Waals surface area contributed by atoms with E-state index in [1.54, 1.807) is 30.3 Å². The lowest BCUT2D eigenvalue weighted by molar-refractivity contribution is 0.103.